The standard InChI is InChI=1S/C17H18ClF4N5O2/c1-9(26-14(28)11-4-3-10(18)8-24-11)7-25-13(19)6-16(2)5-12(17(20,21)22)29-15(23)27-16/h3-4,7-8,12H,5-6H2,1-2H3,(H2,23,27)(H,26,28). The molecule has 0 aliphatic carbocycles. The molecular formula is C17H18ClF4N5O2. The monoisotopic (exact) mass is 435 g/mol. The lowest BCUT2D eigenvalue weighted by Gasteiger charge is -2.34. The first-order valence-electron chi connectivity index (χ1n) is 8.28. The zero-order chi connectivity index (χ0) is 21.8. The van der Waals surface area contributed by atoms with Crippen molar-refractivity contribution in [1.29, 1.82) is 0 Å². The highest BCUT2D eigenvalue weighted by Crippen LogP contribution is 2.35. The van der Waals surface area contributed by atoms with Gasteiger partial charge in [0.2, 0.25) is 0 Å². The molecule has 1 aromatic rings. The lowest BCUT2D eigenvalue weighted by molar-refractivity contribution is -0.207. The van der Waals surface area contributed by atoms with E-state index in [0.29, 0.717) is 5.02 Å². The number of aromatic nitrogens is 1. The average Bonchev–Trinajstić information content (AvgIpc) is 2.58. The van der Waals surface area contributed by atoms with Crippen molar-refractivity contribution in [3.63, 3.8) is 0 Å². The van der Waals surface area contributed by atoms with E-state index in [9.17, 15) is 22.4 Å². The molecule has 7 nitrogen and oxygen atoms in total. The molecule has 0 fully saturated rings. The van der Waals surface area contributed by atoms with E-state index in [4.69, 9.17) is 17.3 Å². The zero-order valence-electron chi connectivity index (χ0n) is 15.4. The van der Waals surface area contributed by atoms with Gasteiger partial charge in [-0.2, -0.15) is 17.6 Å². The van der Waals surface area contributed by atoms with Gasteiger partial charge in [0.25, 0.3) is 11.9 Å². The summed E-state index contributed by atoms with van der Waals surface area (Å²) in [5.74, 6) is -1.54. The molecule has 0 saturated heterocycles. The summed E-state index contributed by atoms with van der Waals surface area (Å²) in [5, 5.41) is 2.80. The molecule has 29 heavy (non-hydrogen) atoms. The fourth-order valence-electron chi connectivity index (χ4n) is 2.53. The topological polar surface area (TPSA) is 102 Å². The number of nitrogens with zero attached hydrogens (tertiary/aromatic N) is 3. The van der Waals surface area contributed by atoms with Crippen molar-refractivity contribution in [2.45, 2.75) is 44.5 Å². The second-order valence-corrected chi connectivity index (χ2v) is 7.05. The fraction of sp³-hybridized carbons (Fsp3) is 0.412. The van der Waals surface area contributed by atoms with Crippen LogP contribution in [0.1, 0.15) is 37.2 Å². The Labute approximate surface area is 168 Å². The van der Waals surface area contributed by atoms with Crippen LogP contribution in [0.3, 0.4) is 0 Å². The number of amidine groups is 1. The number of amides is 1. The maximum atomic E-state index is 14.2. The second kappa shape index (κ2) is 8.76. The Morgan fingerprint density at radius 3 is 2.79 bits per heavy atom. The molecule has 1 amide bonds. The Morgan fingerprint density at radius 2 is 2.21 bits per heavy atom. The molecule has 2 atom stereocenters. The summed E-state index contributed by atoms with van der Waals surface area (Å²) in [5.41, 5.74) is 4.11. The summed E-state index contributed by atoms with van der Waals surface area (Å²) < 4.78 is 57.4. The molecule has 1 aliphatic heterocycles. The van der Waals surface area contributed by atoms with Gasteiger partial charge in [-0.05, 0) is 26.0 Å². The van der Waals surface area contributed by atoms with E-state index in [1.165, 1.54) is 32.2 Å². The number of carbonyl (C=O) groups is 1. The van der Waals surface area contributed by atoms with Crippen molar-refractivity contribution >= 4 is 29.5 Å². The number of rotatable bonds is 5. The smallest absolute Gasteiger partial charge is 0.425 e. The van der Waals surface area contributed by atoms with Crippen LogP contribution in [0.5, 0.6) is 0 Å². The largest absolute Gasteiger partial charge is 0.452 e. The third-order valence-corrected chi connectivity index (χ3v) is 4.05. The lowest BCUT2D eigenvalue weighted by atomic mass is 9.90. The van der Waals surface area contributed by atoms with Crippen LogP contribution < -0.4 is 11.1 Å². The van der Waals surface area contributed by atoms with E-state index in [2.05, 4.69) is 25.0 Å². The number of hydrogen-bond donors (Lipinski definition) is 2. The highest BCUT2D eigenvalue weighted by molar-refractivity contribution is 6.30. The van der Waals surface area contributed by atoms with Crippen LogP contribution in [-0.4, -0.2) is 40.7 Å². The van der Waals surface area contributed by atoms with Crippen LogP contribution in [0, 0.1) is 0 Å². The van der Waals surface area contributed by atoms with Gasteiger partial charge in [-0.15, -0.1) is 0 Å². The molecule has 2 rings (SSSR count). The van der Waals surface area contributed by atoms with Crippen molar-refractivity contribution in [3.8, 4) is 0 Å². The highest BCUT2D eigenvalue weighted by atomic mass is 35.5. The first-order valence-corrected chi connectivity index (χ1v) is 8.66. The summed E-state index contributed by atoms with van der Waals surface area (Å²) in [7, 11) is 0. The Hall–Kier alpha value is -2.69. The Balaban J connectivity index is 2.03. The van der Waals surface area contributed by atoms with Gasteiger partial charge in [-0.25, -0.2) is 15.0 Å². The van der Waals surface area contributed by atoms with Gasteiger partial charge >= 0.3 is 6.18 Å². The molecule has 0 aromatic carbocycles. The summed E-state index contributed by atoms with van der Waals surface area (Å²) >= 11 is 5.69. The van der Waals surface area contributed by atoms with Gasteiger partial charge in [0.1, 0.15) is 5.69 Å². The summed E-state index contributed by atoms with van der Waals surface area (Å²) in [6, 6.07) is 2.22. The minimum atomic E-state index is -4.66. The second-order valence-electron chi connectivity index (χ2n) is 6.61. The van der Waals surface area contributed by atoms with Crippen LogP contribution in [0.4, 0.5) is 17.6 Å². The minimum Gasteiger partial charge on any atom is -0.452 e. The number of ether oxygens (including phenoxy) is 1. The van der Waals surface area contributed by atoms with Gasteiger partial charge in [0, 0.05) is 30.9 Å². The van der Waals surface area contributed by atoms with E-state index in [1.807, 2.05) is 0 Å². The van der Waals surface area contributed by atoms with Gasteiger partial charge in [-0.3, -0.25) is 4.79 Å². The maximum Gasteiger partial charge on any atom is 0.425 e. The van der Waals surface area contributed by atoms with Gasteiger partial charge in [0.15, 0.2) is 12.1 Å². The zero-order valence-corrected chi connectivity index (χ0v) is 16.2. The fourth-order valence-corrected chi connectivity index (χ4v) is 2.64. The van der Waals surface area contributed by atoms with Crippen molar-refractivity contribution < 1.29 is 27.1 Å². The SMILES string of the molecule is CC(=CN=C(F)CC1(C)CC(C(F)(F)F)OC(N)=N1)NC(=O)c1ccc(Cl)cn1. The quantitative estimate of drug-likeness (QED) is 0.545. The maximum absolute atomic E-state index is 14.2. The number of alkyl halides is 3. The van der Waals surface area contributed by atoms with E-state index in [-0.39, 0.29) is 11.4 Å². The predicted molar refractivity (Wildman–Crippen MR) is 99.2 cm³/mol. The van der Waals surface area contributed by atoms with Crippen LogP contribution in [-0.2, 0) is 4.74 Å². The van der Waals surface area contributed by atoms with Crippen molar-refractivity contribution in [2.24, 2.45) is 15.7 Å². The van der Waals surface area contributed by atoms with E-state index in [0.717, 1.165) is 6.20 Å². The molecule has 3 N–H and O–H groups in total. The summed E-state index contributed by atoms with van der Waals surface area (Å²) in [4.78, 5) is 23.1. The van der Waals surface area contributed by atoms with Crippen molar-refractivity contribution in [3.05, 3.63) is 40.9 Å². The Bertz CT molecular complexity index is 854. The van der Waals surface area contributed by atoms with Crippen molar-refractivity contribution in [1.82, 2.24) is 10.3 Å². The van der Waals surface area contributed by atoms with Gasteiger partial charge in [-0.1, -0.05) is 11.6 Å². The molecule has 1 aromatic heterocycles. The van der Waals surface area contributed by atoms with E-state index >= 15 is 0 Å². The summed E-state index contributed by atoms with van der Waals surface area (Å²) in [6.45, 7) is 2.78. The van der Waals surface area contributed by atoms with Gasteiger partial charge in [0.05, 0.1) is 10.6 Å². The number of halogens is 5. The molecule has 2 unspecified atom stereocenters. The Kier molecular flexibility index (Phi) is 6.83. The molecule has 12 heteroatoms. The number of pyridine rings is 1. The molecular weight excluding hydrogens is 418 g/mol. The van der Waals surface area contributed by atoms with Gasteiger partial charge < -0.3 is 15.8 Å². The van der Waals surface area contributed by atoms with Crippen molar-refractivity contribution in [2.75, 3.05) is 0 Å². The number of nitrogens with one attached hydrogen (secondary N) is 1. The number of nitrogens with two attached hydrogens (primary N) is 1. The lowest BCUT2D eigenvalue weighted by Crippen LogP contribution is -2.47. The average molecular weight is 436 g/mol. The first-order chi connectivity index (χ1) is 13.4. The molecule has 2 heterocycles. The van der Waals surface area contributed by atoms with Crippen LogP contribution in [0.25, 0.3) is 0 Å². The third-order valence-electron chi connectivity index (χ3n) is 3.83. The minimum absolute atomic E-state index is 0.0873. The van der Waals surface area contributed by atoms with Crippen LogP contribution in [0.2, 0.25) is 5.02 Å². The third kappa shape index (κ3) is 6.70. The normalized spacial score (nSPS) is 23.3. The van der Waals surface area contributed by atoms with Crippen LogP contribution in [0.15, 0.2) is 40.2 Å². The first kappa shape index (κ1) is 22.6. The number of allylic oxidation sites excluding steroid dienone is 1. The number of carbonyl (C=O) groups excluding carboxylic acids is 1. The molecule has 1 aliphatic rings. The van der Waals surface area contributed by atoms with E-state index < -0.39 is 48.6 Å². The molecule has 0 spiro atoms. The summed E-state index contributed by atoms with van der Waals surface area (Å²) in [6.07, 6.45) is -5.66. The number of hydrogen-bond acceptors (Lipinski definition) is 6. The molecule has 0 bridgehead atoms. The molecule has 158 valence electrons. The molecule has 0 radical (unpaired) electrons. The number of aliphatic imine (C=N–C) groups is 2. The molecule has 0 saturated carbocycles. The Morgan fingerprint density at radius 1 is 1.52 bits per heavy atom. The highest BCUT2D eigenvalue weighted by Gasteiger charge is 2.49. The predicted octanol–water partition coefficient (Wildman–Crippen LogP) is 3.51. The van der Waals surface area contributed by atoms with Crippen LogP contribution >= 0.6 is 11.6 Å². The van der Waals surface area contributed by atoms with E-state index in [1.54, 1.807) is 0 Å².